The van der Waals surface area contributed by atoms with E-state index in [4.69, 9.17) is 9.47 Å². The average molecular weight is 576 g/mol. The molecule has 2 N–H and O–H groups in total. The quantitative estimate of drug-likeness (QED) is 0.213. The molecule has 1 aliphatic carbocycles. The van der Waals surface area contributed by atoms with Crippen LogP contribution < -0.4 is 4.74 Å². The van der Waals surface area contributed by atoms with Crippen molar-refractivity contribution in [3.63, 3.8) is 0 Å². The predicted molar refractivity (Wildman–Crippen MR) is 158 cm³/mol. The van der Waals surface area contributed by atoms with Crippen molar-refractivity contribution in [2.75, 3.05) is 19.4 Å². The lowest BCUT2D eigenvalue weighted by molar-refractivity contribution is -0.151. The van der Waals surface area contributed by atoms with Crippen LogP contribution in [0.3, 0.4) is 0 Å². The molecule has 0 bridgehead atoms. The van der Waals surface area contributed by atoms with Gasteiger partial charge in [-0.25, -0.2) is 0 Å². The molecule has 4 rings (SSSR count). The molecule has 2 heterocycles. The van der Waals surface area contributed by atoms with Crippen molar-refractivity contribution in [1.29, 1.82) is 0 Å². The molecule has 1 aromatic rings. The average Bonchev–Trinajstić information content (AvgIpc) is 3.60. The second-order valence-electron chi connectivity index (χ2n) is 11.0. The lowest BCUT2D eigenvalue weighted by Crippen LogP contribution is -2.36. The first-order valence-electron chi connectivity index (χ1n) is 14.1. The number of carbonyl (C=O) groups excluding carboxylic acids is 2. The van der Waals surface area contributed by atoms with E-state index in [2.05, 4.69) is 18.0 Å². The zero-order valence-electron chi connectivity index (χ0n) is 23.2. The van der Waals surface area contributed by atoms with Crippen LogP contribution in [0.1, 0.15) is 83.1 Å². The summed E-state index contributed by atoms with van der Waals surface area (Å²) in [6.45, 7) is 4.24. The molecule has 0 radical (unpaired) electrons. The number of esters is 1. The lowest BCUT2D eigenvalue weighted by atomic mass is 9.76. The maximum atomic E-state index is 13.9. The summed E-state index contributed by atoms with van der Waals surface area (Å²) in [6, 6.07) is 3.34. The third-order valence-corrected chi connectivity index (χ3v) is 11.8. The van der Waals surface area contributed by atoms with Gasteiger partial charge in [0.25, 0.3) is 0 Å². The number of unbranched alkanes of at least 4 members (excludes halogenated alkanes) is 1. The fraction of sp³-hybridized carbons (Fsp3) is 0.633. The molecule has 9 heteroatoms. The van der Waals surface area contributed by atoms with Crippen LogP contribution in [0.15, 0.2) is 28.8 Å². The van der Waals surface area contributed by atoms with Gasteiger partial charge in [-0.05, 0) is 42.5 Å². The Kier molecular flexibility index (Phi) is 10.3. The normalized spacial score (nSPS) is 27.3. The number of ether oxygens (including phenoxy) is 2. The number of hydrogen-bond donors (Lipinski definition) is 2. The molecule has 2 fully saturated rings. The monoisotopic (exact) mass is 575 g/mol. The minimum atomic E-state index is -0.506. The number of rotatable bonds is 7. The smallest absolute Gasteiger partial charge is 0.302 e. The summed E-state index contributed by atoms with van der Waals surface area (Å²) in [4.78, 5) is 30.6. The summed E-state index contributed by atoms with van der Waals surface area (Å²) in [5.74, 6) is 0.143. The van der Waals surface area contributed by atoms with Gasteiger partial charge in [0.1, 0.15) is 11.9 Å². The summed E-state index contributed by atoms with van der Waals surface area (Å²) in [5, 5.41) is 20.8. The zero-order valence-corrected chi connectivity index (χ0v) is 24.8. The lowest BCUT2D eigenvalue weighted by Gasteiger charge is -2.37. The van der Waals surface area contributed by atoms with Gasteiger partial charge >= 0.3 is 5.97 Å². The second-order valence-corrected chi connectivity index (χ2v) is 13.7. The van der Waals surface area contributed by atoms with E-state index in [1.807, 2.05) is 27.8 Å². The van der Waals surface area contributed by atoms with Gasteiger partial charge in [0.2, 0.25) is 5.75 Å². The van der Waals surface area contributed by atoms with Crippen molar-refractivity contribution >= 4 is 39.6 Å². The van der Waals surface area contributed by atoms with Crippen LogP contribution in [0.25, 0.3) is 0 Å². The molecule has 214 valence electrons. The standard InChI is InChI=1S/C30H41NO6S2/c1-4-5-8-23-24(20-9-12-31-17-20)18-38-39-30(10-6-7-11-30)25(15-22(33)16-27(23)37-19(2)32)21-13-26(34)29(35)28(14-21)36-3/h9,13-14,17,23-25,27,34-35H,4-8,10-12,15-16,18H2,1-3H3. The van der Waals surface area contributed by atoms with E-state index < -0.39 is 6.10 Å². The number of Topliss-reactive ketones (excluding diaryl/α,β-unsaturated/α-hetero) is 1. The van der Waals surface area contributed by atoms with Crippen LogP contribution in [0.4, 0.5) is 0 Å². The maximum absolute atomic E-state index is 13.9. The SMILES string of the molecule is CCCCC1C(OC(C)=O)CC(=O)CC(c2cc(O)c(O)c(OC)c2)C2(CCCC2)SSCC1C1=CCN=C1. The van der Waals surface area contributed by atoms with Crippen LogP contribution in [-0.4, -0.2) is 58.4 Å². The van der Waals surface area contributed by atoms with Gasteiger partial charge in [-0.2, -0.15) is 0 Å². The van der Waals surface area contributed by atoms with Gasteiger partial charge in [0, 0.05) is 54.2 Å². The molecule has 3 aliphatic rings. The molecular formula is C30H41NO6S2. The van der Waals surface area contributed by atoms with Crippen LogP contribution in [0.5, 0.6) is 17.2 Å². The van der Waals surface area contributed by atoms with Crippen LogP contribution in [0.2, 0.25) is 0 Å². The predicted octanol–water partition coefficient (Wildman–Crippen LogP) is 6.61. The third kappa shape index (κ3) is 6.96. The fourth-order valence-corrected chi connectivity index (χ4v) is 10.3. The van der Waals surface area contributed by atoms with Crippen molar-refractivity contribution in [3.8, 4) is 17.2 Å². The highest BCUT2D eigenvalue weighted by molar-refractivity contribution is 8.77. The molecule has 0 aromatic heterocycles. The Labute approximate surface area is 239 Å². The van der Waals surface area contributed by atoms with Crippen LogP contribution >= 0.6 is 21.6 Å². The largest absolute Gasteiger partial charge is 0.504 e. The Bertz CT molecular complexity index is 1100. The Balaban J connectivity index is 1.77. The van der Waals surface area contributed by atoms with Crippen molar-refractivity contribution in [3.05, 3.63) is 29.3 Å². The summed E-state index contributed by atoms with van der Waals surface area (Å²) in [6.07, 6.45) is 11.0. The highest BCUT2D eigenvalue weighted by atomic mass is 33.1. The van der Waals surface area contributed by atoms with E-state index in [0.29, 0.717) is 6.54 Å². The third-order valence-electron chi connectivity index (χ3n) is 8.42. The van der Waals surface area contributed by atoms with Crippen molar-refractivity contribution in [1.82, 2.24) is 0 Å². The molecule has 2 aliphatic heterocycles. The molecule has 1 saturated heterocycles. The van der Waals surface area contributed by atoms with E-state index in [0.717, 1.165) is 56.3 Å². The Hall–Kier alpha value is -2.13. The summed E-state index contributed by atoms with van der Waals surface area (Å²) in [7, 11) is 5.17. The molecular weight excluding hydrogens is 534 g/mol. The first kappa shape index (κ1) is 29.8. The van der Waals surface area contributed by atoms with E-state index in [9.17, 15) is 19.8 Å². The van der Waals surface area contributed by atoms with E-state index >= 15 is 0 Å². The number of aromatic hydroxyl groups is 2. The molecule has 7 nitrogen and oxygen atoms in total. The number of aliphatic imine (C=N–C) groups is 1. The van der Waals surface area contributed by atoms with Crippen LogP contribution in [0, 0.1) is 11.8 Å². The maximum Gasteiger partial charge on any atom is 0.302 e. The number of benzene rings is 1. The minimum absolute atomic E-state index is 0.0237. The van der Waals surface area contributed by atoms with Crippen LogP contribution in [-0.2, 0) is 14.3 Å². The number of hydrogen-bond acceptors (Lipinski definition) is 9. The van der Waals surface area contributed by atoms with Crippen molar-refractivity contribution in [2.45, 2.75) is 88.4 Å². The van der Waals surface area contributed by atoms with Gasteiger partial charge in [0.05, 0.1) is 13.7 Å². The molecule has 1 aromatic carbocycles. The van der Waals surface area contributed by atoms with E-state index in [1.54, 1.807) is 12.1 Å². The Morgan fingerprint density at radius 2 is 1.97 bits per heavy atom. The van der Waals surface area contributed by atoms with Crippen molar-refractivity contribution in [2.24, 2.45) is 16.8 Å². The summed E-state index contributed by atoms with van der Waals surface area (Å²) in [5.41, 5.74) is 1.97. The Morgan fingerprint density at radius 3 is 2.62 bits per heavy atom. The number of ketones is 1. The summed E-state index contributed by atoms with van der Waals surface area (Å²) < 4.78 is 11.1. The highest BCUT2D eigenvalue weighted by Gasteiger charge is 2.46. The van der Waals surface area contributed by atoms with Gasteiger partial charge in [-0.1, -0.05) is 60.3 Å². The minimum Gasteiger partial charge on any atom is -0.504 e. The first-order chi connectivity index (χ1) is 18.8. The number of methoxy groups -OCH3 is 1. The zero-order chi connectivity index (χ0) is 28.0. The molecule has 39 heavy (non-hydrogen) atoms. The van der Waals surface area contributed by atoms with Gasteiger partial charge < -0.3 is 19.7 Å². The van der Waals surface area contributed by atoms with Crippen molar-refractivity contribution < 1.29 is 29.3 Å². The molecule has 4 unspecified atom stereocenters. The van der Waals surface area contributed by atoms with Gasteiger partial charge in [0.15, 0.2) is 11.5 Å². The Morgan fingerprint density at radius 1 is 1.21 bits per heavy atom. The number of carbonyl (C=O) groups is 2. The molecule has 0 amide bonds. The number of phenolic OH excluding ortho intramolecular Hbond substituents is 2. The summed E-state index contributed by atoms with van der Waals surface area (Å²) >= 11 is 0. The second kappa shape index (κ2) is 13.5. The number of phenols is 2. The van der Waals surface area contributed by atoms with Gasteiger partial charge in [-0.15, -0.1) is 0 Å². The highest BCUT2D eigenvalue weighted by Crippen LogP contribution is 2.58. The number of nitrogens with zero attached hydrogens (tertiary/aromatic N) is 1. The number of allylic oxidation sites excluding steroid dienone is 1. The molecule has 4 atom stereocenters. The fourth-order valence-electron chi connectivity index (χ4n) is 6.46. The van der Waals surface area contributed by atoms with Gasteiger partial charge in [-0.3, -0.25) is 14.6 Å². The topological polar surface area (TPSA) is 105 Å². The van der Waals surface area contributed by atoms with E-state index in [1.165, 1.54) is 19.6 Å². The van der Waals surface area contributed by atoms with E-state index in [-0.39, 0.29) is 64.3 Å². The first-order valence-corrected chi connectivity index (χ1v) is 16.4. The molecule has 1 saturated carbocycles. The molecule has 1 spiro atoms.